The van der Waals surface area contributed by atoms with Gasteiger partial charge in [0.1, 0.15) is 11.4 Å². The summed E-state index contributed by atoms with van der Waals surface area (Å²) >= 11 is 0. The molecular formula is C10H6FNO2. The summed E-state index contributed by atoms with van der Waals surface area (Å²) in [6, 6.07) is 4.67. The third-order valence-corrected chi connectivity index (χ3v) is 1.97. The van der Waals surface area contributed by atoms with E-state index in [1.54, 1.807) is 12.1 Å². The quantitative estimate of drug-likeness (QED) is 0.540. The van der Waals surface area contributed by atoms with Crippen LogP contribution in [-0.4, -0.2) is 6.08 Å². The van der Waals surface area contributed by atoms with Crippen LogP contribution in [0, 0.1) is 5.82 Å². The number of rotatable bonds is 2. The van der Waals surface area contributed by atoms with Crippen molar-refractivity contribution in [1.82, 2.24) is 0 Å². The van der Waals surface area contributed by atoms with Gasteiger partial charge in [0, 0.05) is 5.39 Å². The van der Waals surface area contributed by atoms with Gasteiger partial charge in [-0.15, -0.1) is 0 Å². The lowest BCUT2D eigenvalue weighted by atomic mass is 10.1. The van der Waals surface area contributed by atoms with Crippen molar-refractivity contribution in [3.05, 3.63) is 35.8 Å². The minimum atomic E-state index is -0.425. The number of nitrogens with zero attached hydrogens (tertiary/aromatic N) is 1. The number of aliphatic imine (C=N–C) groups is 1. The standard InChI is InChI=1S/C10H6FNO2/c11-9-2-1-7-3-4-14-10(7)8(9)5-12-6-13/h1-4H,5H2. The Balaban J connectivity index is 2.63. The minimum Gasteiger partial charge on any atom is -0.464 e. The highest BCUT2D eigenvalue weighted by Crippen LogP contribution is 2.23. The lowest BCUT2D eigenvalue weighted by Crippen LogP contribution is -1.88. The molecule has 0 saturated carbocycles. The number of furan rings is 1. The molecule has 70 valence electrons. The highest BCUT2D eigenvalue weighted by Gasteiger charge is 2.09. The average Bonchev–Trinajstić information content (AvgIpc) is 2.64. The third kappa shape index (κ3) is 1.32. The first-order valence-corrected chi connectivity index (χ1v) is 4.01. The largest absolute Gasteiger partial charge is 0.464 e. The minimum absolute atomic E-state index is 0.0415. The summed E-state index contributed by atoms with van der Waals surface area (Å²) in [5, 5.41) is 0.794. The molecule has 0 atom stereocenters. The summed E-state index contributed by atoms with van der Waals surface area (Å²) < 4.78 is 18.4. The lowest BCUT2D eigenvalue weighted by Gasteiger charge is -1.98. The molecule has 0 spiro atoms. The summed E-state index contributed by atoms with van der Waals surface area (Å²) in [6.45, 7) is -0.0415. The first-order chi connectivity index (χ1) is 6.83. The van der Waals surface area contributed by atoms with E-state index in [0.29, 0.717) is 5.58 Å². The second-order valence-corrected chi connectivity index (χ2v) is 2.77. The molecule has 1 heterocycles. The van der Waals surface area contributed by atoms with Gasteiger partial charge >= 0.3 is 0 Å². The van der Waals surface area contributed by atoms with E-state index in [-0.39, 0.29) is 12.1 Å². The van der Waals surface area contributed by atoms with E-state index in [4.69, 9.17) is 4.42 Å². The zero-order valence-electron chi connectivity index (χ0n) is 7.16. The number of fused-ring (bicyclic) bond motifs is 1. The Morgan fingerprint density at radius 3 is 3.07 bits per heavy atom. The van der Waals surface area contributed by atoms with Crippen LogP contribution in [0.3, 0.4) is 0 Å². The fourth-order valence-electron chi connectivity index (χ4n) is 1.33. The molecule has 0 aliphatic rings. The van der Waals surface area contributed by atoms with Crippen molar-refractivity contribution in [2.45, 2.75) is 6.54 Å². The molecule has 0 radical (unpaired) electrons. The van der Waals surface area contributed by atoms with Crippen LogP contribution in [0.1, 0.15) is 5.56 Å². The molecule has 0 N–H and O–H groups in total. The van der Waals surface area contributed by atoms with Crippen molar-refractivity contribution in [3.63, 3.8) is 0 Å². The zero-order valence-corrected chi connectivity index (χ0v) is 7.16. The highest BCUT2D eigenvalue weighted by atomic mass is 19.1. The maximum absolute atomic E-state index is 13.3. The van der Waals surface area contributed by atoms with E-state index >= 15 is 0 Å². The summed E-state index contributed by atoms with van der Waals surface area (Å²) in [4.78, 5) is 13.2. The molecule has 0 unspecified atom stereocenters. The van der Waals surface area contributed by atoms with Crippen LogP contribution < -0.4 is 0 Å². The molecular weight excluding hydrogens is 185 g/mol. The third-order valence-electron chi connectivity index (χ3n) is 1.97. The van der Waals surface area contributed by atoms with Crippen molar-refractivity contribution in [2.75, 3.05) is 0 Å². The van der Waals surface area contributed by atoms with E-state index in [2.05, 4.69) is 4.99 Å². The molecule has 4 heteroatoms. The summed E-state index contributed by atoms with van der Waals surface area (Å²) in [6.07, 6.45) is 2.84. The van der Waals surface area contributed by atoms with Crippen molar-refractivity contribution in [2.24, 2.45) is 4.99 Å². The molecule has 3 nitrogen and oxygen atoms in total. The predicted octanol–water partition coefficient (Wildman–Crippen LogP) is 2.41. The van der Waals surface area contributed by atoms with Gasteiger partial charge in [-0.2, -0.15) is 0 Å². The van der Waals surface area contributed by atoms with Crippen LogP contribution in [0.25, 0.3) is 11.0 Å². The number of hydrogen-bond acceptors (Lipinski definition) is 3. The van der Waals surface area contributed by atoms with Gasteiger partial charge in [0.25, 0.3) is 0 Å². The second-order valence-electron chi connectivity index (χ2n) is 2.77. The van der Waals surface area contributed by atoms with Gasteiger partial charge in [-0.05, 0) is 18.2 Å². The van der Waals surface area contributed by atoms with Crippen molar-refractivity contribution in [3.8, 4) is 0 Å². The number of benzene rings is 1. The molecule has 0 aliphatic heterocycles. The predicted molar refractivity (Wildman–Crippen MR) is 48.0 cm³/mol. The Morgan fingerprint density at radius 2 is 2.29 bits per heavy atom. The highest BCUT2D eigenvalue weighted by molar-refractivity contribution is 5.80. The molecule has 1 aromatic carbocycles. The number of hydrogen-bond donors (Lipinski definition) is 0. The van der Waals surface area contributed by atoms with Crippen molar-refractivity contribution < 1.29 is 13.6 Å². The Bertz CT molecular complexity index is 512. The smallest absolute Gasteiger partial charge is 0.235 e. The second kappa shape index (κ2) is 3.44. The first-order valence-electron chi connectivity index (χ1n) is 4.01. The van der Waals surface area contributed by atoms with Gasteiger partial charge < -0.3 is 4.42 Å². The van der Waals surface area contributed by atoms with Crippen LogP contribution in [0.5, 0.6) is 0 Å². The maximum atomic E-state index is 13.3. The van der Waals surface area contributed by atoms with Crippen LogP contribution in [-0.2, 0) is 11.3 Å². The van der Waals surface area contributed by atoms with Gasteiger partial charge in [0.2, 0.25) is 6.08 Å². The van der Waals surface area contributed by atoms with E-state index in [1.165, 1.54) is 18.4 Å². The lowest BCUT2D eigenvalue weighted by molar-refractivity contribution is 0.560. The Hall–Kier alpha value is -1.93. The zero-order chi connectivity index (χ0) is 9.97. The number of isocyanates is 1. The van der Waals surface area contributed by atoms with Crippen LogP contribution in [0.15, 0.2) is 33.9 Å². The molecule has 0 aliphatic carbocycles. The van der Waals surface area contributed by atoms with Crippen molar-refractivity contribution >= 4 is 17.0 Å². The van der Waals surface area contributed by atoms with Gasteiger partial charge in [-0.3, -0.25) is 0 Å². The summed E-state index contributed by atoms with van der Waals surface area (Å²) in [5.74, 6) is -0.425. The van der Waals surface area contributed by atoms with Gasteiger partial charge in [-0.25, -0.2) is 14.2 Å². The Kier molecular flexibility index (Phi) is 2.13. The van der Waals surface area contributed by atoms with E-state index in [0.717, 1.165) is 5.39 Å². The fraction of sp³-hybridized carbons (Fsp3) is 0.100. The van der Waals surface area contributed by atoms with Gasteiger partial charge in [-0.1, -0.05) is 0 Å². The SMILES string of the molecule is O=C=NCc1c(F)ccc2ccoc12. The molecule has 0 saturated heterocycles. The topological polar surface area (TPSA) is 42.6 Å². The molecule has 1 aromatic heterocycles. The Labute approximate surface area is 78.9 Å². The van der Waals surface area contributed by atoms with Crippen LogP contribution >= 0.6 is 0 Å². The molecule has 14 heavy (non-hydrogen) atoms. The van der Waals surface area contributed by atoms with Crippen LogP contribution in [0.4, 0.5) is 4.39 Å². The molecule has 0 bridgehead atoms. The molecule has 2 rings (SSSR count). The molecule has 0 amide bonds. The number of carbonyl (C=O) groups excluding carboxylic acids is 1. The van der Waals surface area contributed by atoms with Crippen molar-refractivity contribution in [1.29, 1.82) is 0 Å². The monoisotopic (exact) mass is 191 g/mol. The van der Waals surface area contributed by atoms with E-state index in [9.17, 15) is 9.18 Å². The first kappa shape index (κ1) is 8.66. The van der Waals surface area contributed by atoms with E-state index in [1.807, 2.05) is 0 Å². The number of halogens is 1. The maximum Gasteiger partial charge on any atom is 0.235 e. The van der Waals surface area contributed by atoms with Gasteiger partial charge in [0.05, 0.1) is 18.4 Å². The average molecular weight is 191 g/mol. The normalized spacial score (nSPS) is 10.1. The molecule has 0 fully saturated rings. The fourth-order valence-corrected chi connectivity index (χ4v) is 1.33. The van der Waals surface area contributed by atoms with Gasteiger partial charge in [0.15, 0.2) is 0 Å². The van der Waals surface area contributed by atoms with Crippen LogP contribution in [0.2, 0.25) is 0 Å². The van der Waals surface area contributed by atoms with E-state index < -0.39 is 5.82 Å². The summed E-state index contributed by atoms with van der Waals surface area (Å²) in [7, 11) is 0. The summed E-state index contributed by atoms with van der Waals surface area (Å²) in [5.41, 5.74) is 0.722. The Morgan fingerprint density at radius 1 is 1.43 bits per heavy atom. The molecule has 2 aromatic rings.